The summed E-state index contributed by atoms with van der Waals surface area (Å²) in [5.41, 5.74) is 0.871. The first kappa shape index (κ1) is 15.0. The molecule has 2 rings (SSSR count). The van der Waals surface area contributed by atoms with Crippen LogP contribution in [0.15, 0.2) is 30.3 Å². The predicted molar refractivity (Wildman–Crippen MR) is 73.9 cm³/mol. The van der Waals surface area contributed by atoms with Gasteiger partial charge in [0, 0.05) is 13.1 Å². The Bertz CT molecular complexity index is 571. The third-order valence-corrected chi connectivity index (χ3v) is 4.40. The maximum absolute atomic E-state index is 12.0. The first-order valence-corrected chi connectivity index (χ1v) is 7.84. The Morgan fingerprint density at radius 3 is 2.65 bits per heavy atom. The van der Waals surface area contributed by atoms with Gasteiger partial charge in [0.05, 0.1) is 6.10 Å². The largest absolute Gasteiger partial charge is 0.462 e. The molecule has 0 radical (unpaired) electrons. The van der Waals surface area contributed by atoms with Crippen molar-refractivity contribution >= 4 is 16.2 Å². The van der Waals surface area contributed by atoms with Gasteiger partial charge < -0.3 is 4.74 Å². The van der Waals surface area contributed by atoms with E-state index in [1.54, 1.807) is 13.8 Å². The monoisotopic (exact) mass is 298 g/mol. The fourth-order valence-corrected chi connectivity index (χ4v) is 3.31. The number of ether oxygens (including phenoxy) is 1. The van der Waals surface area contributed by atoms with Crippen LogP contribution in [0.25, 0.3) is 0 Å². The van der Waals surface area contributed by atoms with E-state index in [4.69, 9.17) is 4.74 Å². The van der Waals surface area contributed by atoms with Gasteiger partial charge in [0.25, 0.3) is 10.2 Å². The van der Waals surface area contributed by atoms with Gasteiger partial charge >= 0.3 is 5.97 Å². The van der Waals surface area contributed by atoms with Crippen molar-refractivity contribution in [2.24, 2.45) is 0 Å². The Kier molecular flexibility index (Phi) is 4.42. The van der Waals surface area contributed by atoms with Crippen LogP contribution >= 0.6 is 0 Å². The summed E-state index contributed by atoms with van der Waals surface area (Å²) < 4.78 is 32.6. The lowest BCUT2D eigenvalue weighted by Crippen LogP contribution is -2.37. The van der Waals surface area contributed by atoms with Crippen molar-refractivity contribution in [2.75, 3.05) is 6.54 Å². The van der Waals surface area contributed by atoms with Crippen molar-refractivity contribution in [3.8, 4) is 0 Å². The van der Waals surface area contributed by atoms with Crippen LogP contribution in [0.3, 0.4) is 0 Å². The maximum atomic E-state index is 12.0. The molecule has 1 aliphatic rings. The van der Waals surface area contributed by atoms with Gasteiger partial charge in [-0.2, -0.15) is 17.4 Å². The zero-order valence-corrected chi connectivity index (χ0v) is 12.3. The molecular weight excluding hydrogens is 280 g/mol. The molecule has 0 spiro atoms. The Hall–Kier alpha value is -1.44. The number of benzene rings is 1. The predicted octanol–water partition coefficient (Wildman–Crippen LogP) is 0.657. The molecule has 0 aliphatic carbocycles. The quantitative estimate of drug-likeness (QED) is 0.828. The molecule has 0 unspecified atom stereocenters. The van der Waals surface area contributed by atoms with Crippen molar-refractivity contribution in [2.45, 2.75) is 32.5 Å². The average Bonchev–Trinajstić information content (AvgIpc) is 2.66. The lowest BCUT2D eigenvalue weighted by molar-refractivity contribution is -0.149. The van der Waals surface area contributed by atoms with Gasteiger partial charge in [0.15, 0.2) is 0 Å². The van der Waals surface area contributed by atoms with Gasteiger partial charge in [0.1, 0.15) is 6.04 Å². The fraction of sp³-hybridized carbons (Fsp3) is 0.462. The van der Waals surface area contributed by atoms with Crippen molar-refractivity contribution in [1.29, 1.82) is 0 Å². The molecule has 1 atom stereocenters. The van der Waals surface area contributed by atoms with Gasteiger partial charge in [-0.25, -0.2) is 0 Å². The maximum Gasteiger partial charge on any atom is 0.325 e. The summed E-state index contributed by atoms with van der Waals surface area (Å²) in [6.07, 6.45) is -0.268. The molecule has 1 fully saturated rings. The Morgan fingerprint density at radius 2 is 2.05 bits per heavy atom. The zero-order valence-electron chi connectivity index (χ0n) is 11.4. The number of carbonyl (C=O) groups excluding carboxylic acids is 1. The third kappa shape index (κ3) is 3.56. The Balaban J connectivity index is 2.06. The second-order valence-electron chi connectivity index (χ2n) is 4.94. The molecular formula is C13H18N2O4S. The van der Waals surface area contributed by atoms with E-state index in [9.17, 15) is 13.2 Å². The van der Waals surface area contributed by atoms with E-state index in [2.05, 4.69) is 4.72 Å². The van der Waals surface area contributed by atoms with Crippen LogP contribution in [0.4, 0.5) is 0 Å². The molecule has 0 saturated carbocycles. The van der Waals surface area contributed by atoms with Crippen LogP contribution in [0, 0.1) is 0 Å². The second kappa shape index (κ2) is 5.90. The number of esters is 1. The van der Waals surface area contributed by atoms with Crippen molar-refractivity contribution in [3.05, 3.63) is 35.9 Å². The minimum atomic E-state index is -3.63. The molecule has 1 heterocycles. The average molecular weight is 298 g/mol. The summed E-state index contributed by atoms with van der Waals surface area (Å²) in [5, 5.41) is 0. The first-order chi connectivity index (χ1) is 9.38. The molecule has 20 heavy (non-hydrogen) atoms. The molecule has 1 N–H and O–H groups in total. The van der Waals surface area contributed by atoms with E-state index in [1.165, 1.54) is 4.31 Å². The van der Waals surface area contributed by atoms with Gasteiger partial charge in [0.2, 0.25) is 0 Å². The van der Waals surface area contributed by atoms with Crippen LogP contribution in [-0.4, -0.2) is 37.4 Å². The highest BCUT2D eigenvalue weighted by Gasteiger charge is 2.40. The molecule has 7 heteroatoms. The van der Waals surface area contributed by atoms with Crippen LogP contribution in [-0.2, 0) is 26.3 Å². The van der Waals surface area contributed by atoms with E-state index < -0.39 is 22.2 Å². The lowest BCUT2D eigenvalue weighted by atomic mass is 10.2. The molecule has 1 aliphatic heterocycles. The highest BCUT2D eigenvalue weighted by atomic mass is 32.2. The zero-order chi connectivity index (χ0) is 14.8. The summed E-state index contributed by atoms with van der Waals surface area (Å²) in [5.74, 6) is -0.542. The molecule has 6 nitrogen and oxygen atoms in total. The molecule has 1 aromatic rings. The molecule has 1 aromatic carbocycles. The first-order valence-electron chi connectivity index (χ1n) is 6.40. The highest BCUT2D eigenvalue weighted by molar-refractivity contribution is 7.87. The molecule has 110 valence electrons. The minimum Gasteiger partial charge on any atom is -0.462 e. The summed E-state index contributed by atoms with van der Waals surface area (Å²) in [6, 6.07) is 8.39. The molecule has 0 bridgehead atoms. The molecule has 0 amide bonds. The van der Waals surface area contributed by atoms with Crippen LogP contribution in [0.2, 0.25) is 0 Å². The topological polar surface area (TPSA) is 75.7 Å². The number of carbonyl (C=O) groups is 1. The third-order valence-electron chi connectivity index (χ3n) is 2.86. The van der Waals surface area contributed by atoms with Gasteiger partial charge in [-0.05, 0) is 19.4 Å². The number of hydrogen-bond donors (Lipinski definition) is 1. The van der Waals surface area contributed by atoms with Gasteiger partial charge in [-0.15, -0.1) is 0 Å². The van der Waals surface area contributed by atoms with Crippen molar-refractivity contribution in [3.63, 3.8) is 0 Å². The normalized spacial score (nSPS) is 22.1. The summed E-state index contributed by atoms with van der Waals surface area (Å²) in [6.45, 7) is 3.77. The van der Waals surface area contributed by atoms with Gasteiger partial charge in [-0.1, -0.05) is 30.3 Å². The van der Waals surface area contributed by atoms with Crippen molar-refractivity contribution in [1.82, 2.24) is 9.03 Å². The van der Waals surface area contributed by atoms with Crippen LogP contribution in [0.1, 0.15) is 19.4 Å². The summed E-state index contributed by atoms with van der Waals surface area (Å²) >= 11 is 0. The minimum absolute atomic E-state index is 0.0861. The van der Waals surface area contributed by atoms with E-state index in [0.29, 0.717) is 0 Å². The van der Waals surface area contributed by atoms with E-state index >= 15 is 0 Å². The van der Waals surface area contributed by atoms with Crippen LogP contribution < -0.4 is 4.72 Å². The highest BCUT2D eigenvalue weighted by Crippen LogP contribution is 2.16. The number of rotatable bonds is 4. The summed E-state index contributed by atoms with van der Waals surface area (Å²) in [4.78, 5) is 11.8. The van der Waals surface area contributed by atoms with E-state index in [-0.39, 0.29) is 19.2 Å². The Labute approximate surface area is 118 Å². The molecule has 1 saturated heterocycles. The lowest BCUT2D eigenvalue weighted by Gasteiger charge is -2.13. The Morgan fingerprint density at radius 1 is 1.40 bits per heavy atom. The smallest absolute Gasteiger partial charge is 0.325 e. The standard InChI is InChI=1S/C13H18N2O4S/c1-10(2)19-13(16)12-9-15(20(17,18)14-12)8-11-6-4-3-5-7-11/h3-7,10,12,14H,8-9H2,1-2H3/t12-/m0/s1. The number of nitrogens with zero attached hydrogens (tertiary/aromatic N) is 1. The van der Waals surface area contributed by atoms with Crippen molar-refractivity contribution < 1.29 is 17.9 Å². The SMILES string of the molecule is CC(C)OC(=O)[C@@H]1CN(Cc2ccccc2)S(=O)(=O)N1. The number of nitrogens with one attached hydrogen (secondary N) is 1. The fourth-order valence-electron chi connectivity index (χ4n) is 1.97. The second-order valence-corrected chi connectivity index (χ2v) is 6.64. The van der Waals surface area contributed by atoms with Crippen LogP contribution in [0.5, 0.6) is 0 Å². The van der Waals surface area contributed by atoms with E-state index in [1.807, 2.05) is 30.3 Å². The summed E-state index contributed by atoms with van der Waals surface area (Å²) in [7, 11) is -3.63. The van der Waals surface area contributed by atoms with Gasteiger partial charge in [-0.3, -0.25) is 4.79 Å². The number of hydrogen-bond acceptors (Lipinski definition) is 4. The van der Waals surface area contributed by atoms with E-state index in [0.717, 1.165) is 5.56 Å². The molecule has 0 aromatic heterocycles.